The molecule has 0 spiro atoms. The number of carboxylic acids is 1. The van der Waals surface area contributed by atoms with Gasteiger partial charge in [0.2, 0.25) is 0 Å². The number of esters is 1. The number of piperidine rings is 1. The van der Waals surface area contributed by atoms with Gasteiger partial charge in [-0.25, -0.2) is 4.79 Å². The van der Waals surface area contributed by atoms with Crippen molar-refractivity contribution in [2.45, 2.75) is 37.5 Å². The molecule has 0 amide bonds. The van der Waals surface area contributed by atoms with Gasteiger partial charge in [0.1, 0.15) is 12.0 Å². The summed E-state index contributed by atoms with van der Waals surface area (Å²) < 4.78 is 5.47. The number of carbonyl (C=O) groups excluding carboxylic acids is 1. The molecule has 3 rings (SSSR count). The van der Waals surface area contributed by atoms with Crippen LogP contribution in [0.25, 0.3) is 0 Å². The quantitative estimate of drug-likeness (QED) is 0.833. The third-order valence-electron chi connectivity index (χ3n) is 4.18. The van der Waals surface area contributed by atoms with Gasteiger partial charge in [-0.2, -0.15) is 0 Å². The fourth-order valence-corrected chi connectivity index (χ4v) is 3.24. The van der Waals surface area contributed by atoms with Gasteiger partial charge in [-0.1, -0.05) is 18.2 Å². The first kappa shape index (κ1) is 15.8. The van der Waals surface area contributed by atoms with E-state index in [9.17, 15) is 14.7 Å². The SMILES string of the molecule is Cl.O=C(OC1CC2CCC(N2)C1C(=O)O)c1ccccc1. The van der Waals surface area contributed by atoms with Crippen LogP contribution in [0.15, 0.2) is 30.3 Å². The Hall–Kier alpha value is -1.59. The van der Waals surface area contributed by atoms with Crippen LogP contribution in [0.5, 0.6) is 0 Å². The second-order valence-electron chi connectivity index (χ2n) is 5.46. The van der Waals surface area contributed by atoms with E-state index in [1.54, 1.807) is 24.3 Å². The second kappa shape index (κ2) is 6.45. The zero-order chi connectivity index (χ0) is 14.1. The highest BCUT2D eigenvalue weighted by molar-refractivity contribution is 5.89. The van der Waals surface area contributed by atoms with E-state index in [4.69, 9.17) is 4.74 Å². The third-order valence-corrected chi connectivity index (χ3v) is 4.18. The van der Waals surface area contributed by atoms with E-state index in [-0.39, 0.29) is 24.5 Å². The van der Waals surface area contributed by atoms with E-state index in [0.29, 0.717) is 12.0 Å². The molecule has 0 aromatic heterocycles. The average Bonchev–Trinajstić information content (AvgIpc) is 2.81. The van der Waals surface area contributed by atoms with E-state index in [1.165, 1.54) is 0 Å². The topological polar surface area (TPSA) is 75.6 Å². The van der Waals surface area contributed by atoms with Crippen molar-refractivity contribution in [1.29, 1.82) is 0 Å². The molecule has 4 unspecified atom stereocenters. The van der Waals surface area contributed by atoms with E-state index in [1.807, 2.05) is 6.07 Å². The highest BCUT2D eigenvalue weighted by Gasteiger charge is 2.47. The van der Waals surface area contributed by atoms with E-state index >= 15 is 0 Å². The van der Waals surface area contributed by atoms with Gasteiger partial charge in [0.05, 0.1) is 5.56 Å². The molecule has 1 aromatic carbocycles. The lowest BCUT2D eigenvalue weighted by molar-refractivity contribution is -0.148. The number of hydrogen-bond acceptors (Lipinski definition) is 4. The zero-order valence-electron chi connectivity index (χ0n) is 11.4. The summed E-state index contributed by atoms with van der Waals surface area (Å²) in [5, 5.41) is 12.7. The van der Waals surface area contributed by atoms with Gasteiger partial charge in [-0.15, -0.1) is 12.4 Å². The number of fused-ring (bicyclic) bond motifs is 2. The number of carboxylic acid groups (broad SMARTS) is 1. The summed E-state index contributed by atoms with van der Waals surface area (Å²) in [5.74, 6) is -1.99. The van der Waals surface area contributed by atoms with Gasteiger partial charge in [0, 0.05) is 18.5 Å². The molecule has 1 aromatic rings. The van der Waals surface area contributed by atoms with Crippen molar-refractivity contribution >= 4 is 24.3 Å². The van der Waals surface area contributed by atoms with Crippen LogP contribution in [0.2, 0.25) is 0 Å². The molecular weight excluding hydrogens is 294 g/mol. The van der Waals surface area contributed by atoms with Gasteiger partial charge in [0.15, 0.2) is 0 Å². The Kier molecular flexibility index (Phi) is 4.85. The van der Waals surface area contributed by atoms with Crippen molar-refractivity contribution in [2.24, 2.45) is 5.92 Å². The third kappa shape index (κ3) is 3.19. The van der Waals surface area contributed by atoms with Crippen LogP contribution in [0.3, 0.4) is 0 Å². The van der Waals surface area contributed by atoms with Gasteiger partial charge < -0.3 is 15.2 Å². The summed E-state index contributed by atoms with van der Waals surface area (Å²) in [4.78, 5) is 23.5. The highest BCUT2D eigenvalue weighted by atomic mass is 35.5. The molecule has 21 heavy (non-hydrogen) atoms. The molecule has 0 saturated carbocycles. The summed E-state index contributed by atoms with van der Waals surface area (Å²) >= 11 is 0. The Morgan fingerprint density at radius 2 is 1.90 bits per heavy atom. The lowest BCUT2D eigenvalue weighted by Crippen LogP contribution is -2.52. The summed E-state index contributed by atoms with van der Waals surface area (Å²) in [6, 6.07) is 8.88. The van der Waals surface area contributed by atoms with Crippen molar-refractivity contribution in [2.75, 3.05) is 0 Å². The van der Waals surface area contributed by atoms with Crippen molar-refractivity contribution in [3.8, 4) is 0 Å². The Bertz CT molecular complexity index is 522. The van der Waals surface area contributed by atoms with Gasteiger partial charge in [-0.05, 0) is 25.0 Å². The molecule has 0 aliphatic carbocycles. The normalized spacial score (nSPS) is 30.3. The lowest BCUT2D eigenvalue weighted by Gasteiger charge is -2.34. The molecule has 114 valence electrons. The number of rotatable bonds is 3. The molecule has 2 aliphatic heterocycles. The minimum absolute atomic E-state index is 0. The summed E-state index contributed by atoms with van der Waals surface area (Å²) in [5.41, 5.74) is 0.461. The number of ether oxygens (including phenoxy) is 1. The monoisotopic (exact) mass is 311 g/mol. The van der Waals surface area contributed by atoms with Crippen LogP contribution in [-0.4, -0.2) is 35.2 Å². The first-order chi connectivity index (χ1) is 9.65. The number of nitrogens with one attached hydrogen (secondary N) is 1. The molecule has 2 heterocycles. The van der Waals surface area contributed by atoms with E-state index in [0.717, 1.165) is 12.8 Å². The maximum absolute atomic E-state index is 12.1. The minimum atomic E-state index is -0.895. The van der Waals surface area contributed by atoms with E-state index in [2.05, 4.69) is 5.32 Å². The van der Waals surface area contributed by atoms with Gasteiger partial charge in [0.25, 0.3) is 0 Å². The minimum Gasteiger partial charge on any atom is -0.481 e. The number of halogens is 1. The van der Waals surface area contributed by atoms with Crippen LogP contribution < -0.4 is 5.32 Å². The largest absolute Gasteiger partial charge is 0.481 e. The fraction of sp³-hybridized carbons (Fsp3) is 0.467. The molecule has 2 fully saturated rings. The molecule has 2 bridgehead atoms. The number of carbonyl (C=O) groups is 2. The fourth-order valence-electron chi connectivity index (χ4n) is 3.24. The number of benzene rings is 1. The lowest BCUT2D eigenvalue weighted by atomic mass is 9.89. The standard InChI is InChI=1S/C15H17NO4.ClH/c17-14(18)13-11-7-6-10(16-11)8-12(13)20-15(19)9-4-2-1-3-5-9;/h1-5,10-13,16H,6-8H2,(H,17,18);1H. The Morgan fingerprint density at radius 3 is 2.57 bits per heavy atom. The van der Waals surface area contributed by atoms with Crippen LogP contribution >= 0.6 is 12.4 Å². The van der Waals surface area contributed by atoms with Crippen LogP contribution in [-0.2, 0) is 9.53 Å². The summed E-state index contributed by atoms with van der Waals surface area (Å²) in [7, 11) is 0. The van der Waals surface area contributed by atoms with Crippen molar-refractivity contribution in [3.63, 3.8) is 0 Å². The van der Waals surface area contributed by atoms with Crippen molar-refractivity contribution in [3.05, 3.63) is 35.9 Å². The van der Waals surface area contributed by atoms with Crippen molar-refractivity contribution < 1.29 is 19.4 Å². The van der Waals surface area contributed by atoms with Crippen LogP contribution in [0.4, 0.5) is 0 Å². The first-order valence-corrected chi connectivity index (χ1v) is 6.90. The summed E-state index contributed by atoms with van der Waals surface area (Å²) in [6.45, 7) is 0. The smallest absolute Gasteiger partial charge is 0.338 e. The highest BCUT2D eigenvalue weighted by Crippen LogP contribution is 2.34. The number of hydrogen-bond donors (Lipinski definition) is 2. The number of aliphatic carboxylic acids is 1. The Morgan fingerprint density at radius 1 is 1.19 bits per heavy atom. The molecule has 2 saturated heterocycles. The zero-order valence-corrected chi connectivity index (χ0v) is 12.2. The summed E-state index contributed by atoms with van der Waals surface area (Å²) in [6.07, 6.45) is 1.82. The molecule has 5 nitrogen and oxygen atoms in total. The van der Waals surface area contributed by atoms with Crippen LogP contribution in [0, 0.1) is 5.92 Å². The molecule has 2 N–H and O–H groups in total. The van der Waals surface area contributed by atoms with Crippen molar-refractivity contribution in [1.82, 2.24) is 5.32 Å². The molecular formula is C15H18ClNO4. The maximum atomic E-state index is 12.1. The predicted molar refractivity (Wildman–Crippen MR) is 78.6 cm³/mol. The maximum Gasteiger partial charge on any atom is 0.338 e. The second-order valence-corrected chi connectivity index (χ2v) is 5.46. The van der Waals surface area contributed by atoms with Crippen LogP contribution in [0.1, 0.15) is 29.6 Å². The predicted octanol–water partition coefficient (Wildman–Crippen LogP) is 1.86. The molecule has 0 radical (unpaired) electrons. The first-order valence-electron chi connectivity index (χ1n) is 6.90. The molecule has 4 atom stereocenters. The van der Waals surface area contributed by atoms with Gasteiger partial charge >= 0.3 is 11.9 Å². The Balaban J connectivity index is 0.00000161. The Labute approximate surface area is 129 Å². The van der Waals surface area contributed by atoms with Gasteiger partial charge in [-0.3, -0.25) is 4.79 Å². The van der Waals surface area contributed by atoms with E-state index < -0.39 is 24.0 Å². The molecule has 2 aliphatic rings. The average molecular weight is 312 g/mol. The molecule has 6 heteroatoms.